The topological polar surface area (TPSA) is 26.3 Å². The fraction of sp³-hybridized carbons (Fsp3) is 0. The van der Waals surface area contributed by atoms with E-state index < -0.39 is 0 Å². The first-order valence-electron chi connectivity index (χ1n) is 0.654. The molecular weight excluding hydrogens is 123 g/mol. The van der Waals surface area contributed by atoms with Gasteiger partial charge in [-0.2, -0.15) is 0 Å². The molecule has 0 aromatic rings. The second-order valence-electron chi connectivity index (χ2n) is 0.202. The zero-order valence-corrected chi connectivity index (χ0v) is 3.72. The third-order valence-corrected chi connectivity index (χ3v) is 0.224. The first-order valence-corrected chi connectivity index (χ1v) is 1.42. The summed E-state index contributed by atoms with van der Waals surface area (Å²) < 4.78 is 3.80. The van der Waals surface area contributed by atoms with Crippen LogP contribution in [0.25, 0.3) is 0 Å². The fourth-order valence-electron chi connectivity index (χ4n) is 0. The van der Waals surface area contributed by atoms with Crippen LogP contribution in [0.5, 0.6) is 0 Å². The Labute approximate surface area is 32.3 Å². The Kier molecular flexibility index (Phi) is 2.98. The summed E-state index contributed by atoms with van der Waals surface area (Å²) >= 11 is 1.67. The van der Waals surface area contributed by atoms with Crippen molar-refractivity contribution in [3.05, 3.63) is 0 Å². The Hall–Kier alpha value is -0.0105. The Bertz CT molecular complexity index is 20.0. The van der Waals surface area contributed by atoms with E-state index >= 15 is 0 Å². The second-order valence-corrected chi connectivity index (χ2v) is 0.644. The van der Waals surface area contributed by atoms with Gasteiger partial charge in [-0.15, -0.1) is 0 Å². The summed E-state index contributed by atoms with van der Waals surface area (Å²) in [6.45, 7) is 0.347. The molecule has 0 atom stereocenters. The third kappa shape index (κ3) is 1.99. The molecule has 0 aliphatic carbocycles. The maximum absolute atomic E-state index is 8.94. The van der Waals surface area contributed by atoms with Gasteiger partial charge in [0.2, 0.25) is 0 Å². The van der Waals surface area contributed by atoms with Crippen LogP contribution in [-0.4, -0.2) is 22.8 Å². The molecule has 0 radical (unpaired) electrons. The average Bonchev–Trinajstić information content (AvgIpc) is 1.37. The second kappa shape index (κ2) is 2.99. The van der Waals surface area contributed by atoms with Crippen molar-refractivity contribution < 1.29 is 8.61 Å². The standard InChI is InChI=1S/CH2O2Se/c2-1-3-4/h1,4H. The number of carbonyl (C=O) groups is 1. The molecular formula is CH2O2Se. The van der Waals surface area contributed by atoms with Crippen LogP contribution < -0.4 is 0 Å². The fourth-order valence-corrected chi connectivity index (χ4v) is 0. The van der Waals surface area contributed by atoms with Crippen LogP contribution in [0.1, 0.15) is 0 Å². The summed E-state index contributed by atoms with van der Waals surface area (Å²) in [5.41, 5.74) is 0. The third-order valence-electron chi connectivity index (χ3n) is 0.0430. The summed E-state index contributed by atoms with van der Waals surface area (Å²) in [5, 5.41) is 0. The molecule has 0 aliphatic heterocycles. The molecule has 0 unspecified atom stereocenters. The van der Waals surface area contributed by atoms with Crippen molar-refractivity contribution >= 4 is 22.8 Å². The number of hydrogen-bond acceptors (Lipinski definition) is 2. The zero-order chi connectivity index (χ0) is 3.41. The molecule has 0 heterocycles. The molecule has 4 heavy (non-hydrogen) atoms. The van der Waals surface area contributed by atoms with Gasteiger partial charge in [0.05, 0.1) is 0 Å². The quantitative estimate of drug-likeness (QED) is 0.331. The first-order chi connectivity index (χ1) is 1.91. The zero-order valence-electron chi connectivity index (χ0n) is 1.84. The van der Waals surface area contributed by atoms with Crippen LogP contribution in [0.2, 0.25) is 0 Å². The summed E-state index contributed by atoms with van der Waals surface area (Å²) in [7, 11) is 0. The molecule has 0 spiro atoms. The van der Waals surface area contributed by atoms with Crippen LogP contribution >= 0.6 is 0 Å². The van der Waals surface area contributed by atoms with Crippen molar-refractivity contribution in [3.8, 4) is 0 Å². The predicted molar refractivity (Wildman–Crippen MR) is 14.3 cm³/mol. The van der Waals surface area contributed by atoms with Crippen LogP contribution in [0.15, 0.2) is 0 Å². The maximum atomic E-state index is 8.94. The van der Waals surface area contributed by atoms with Gasteiger partial charge in [0, 0.05) is 0 Å². The number of carbonyl (C=O) groups excluding carboxylic acids is 1. The van der Waals surface area contributed by atoms with E-state index in [2.05, 4.69) is 3.82 Å². The Morgan fingerprint density at radius 3 is 2.25 bits per heavy atom. The minimum atomic E-state index is 0.347. The van der Waals surface area contributed by atoms with Crippen LogP contribution in [0.3, 0.4) is 0 Å². The van der Waals surface area contributed by atoms with E-state index in [1.54, 1.807) is 16.3 Å². The predicted octanol–water partition coefficient (Wildman–Crippen LogP) is -1.02. The van der Waals surface area contributed by atoms with Gasteiger partial charge in [0.1, 0.15) is 0 Å². The van der Waals surface area contributed by atoms with Gasteiger partial charge in [-0.3, -0.25) is 0 Å². The van der Waals surface area contributed by atoms with Crippen LogP contribution in [0, 0.1) is 0 Å². The summed E-state index contributed by atoms with van der Waals surface area (Å²) in [4.78, 5) is 8.94. The molecule has 0 N–H and O–H groups in total. The minimum absolute atomic E-state index is 0.347. The molecule has 3 heteroatoms. The van der Waals surface area contributed by atoms with Gasteiger partial charge < -0.3 is 0 Å². The Morgan fingerprint density at radius 1 is 2.00 bits per heavy atom. The molecule has 2 nitrogen and oxygen atoms in total. The van der Waals surface area contributed by atoms with Crippen LogP contribution in [0.4, 0.5) is 0 Å². The van der Waals surface area contributed by atoms with E-state index in [0.717, 1.165) is 0 Å². The first kappa shape index (κ1) is 3.99. The molecule has 0 amide bonds. The molecule has 0 aliphatic rings. The summed E-state index contributed by atoms with van der Waals surface area (Å²) in [6, 6.07) is 0. The molecule has 24 valence electrons. The van der Waals surface area contributed by atoms with E-state index in [9.17, 15) is 0 Å². The van der Waals surface area contributed by atoms with E-state index in [4.69, 9.17) is 4.79 Å². The van der Waals surface area contributed by atoms with E-state index in [1.165, 1.54) is 0 Å². The summed E-state index contributed by atoms with van der Waals surface area (Å²) in [5.74, 6) is 0. The molecule has 0 aromatic heterocycles. The van der Waals surface area contributed by atoms with Gasteiger partial charge in [-0.25, -0.2) is 0 Å². The number of rotatable bonds is 1. The Morgan fingerprint density at radius 2 is 2.25 bits per heavy atom. The molecule has 0 rings (SSSR count). The molecule has 0 saturated carbocycles. The monoisotopic (exact) mass is 126 g/mol. The van der Waals surface area contributed by atoms with Crippen molar-refractivity contribution in [2.24, 2.45) is 0 Å². The molecule has 0 fully saturated rings. The van der Waals surface area contributed by atoms with E-state index in [1.807, 2.05) is 0 Å². The van der Waals surface area contributed by atoms with Crippen LogP contribution in [-0.2, 0) is 8.61 Å². The summed E-state index contributed by atoms with van der Waals surface area (Å²) in [6.07, 6.45) is 0. The average molecular weight is 125 g/mol. The van der Waals surface area contributed by atoms with E-state index in [-0.39, 0.29) is 0 Å². The Balaban J connectivity index is 2.30. The van der Waals surface area contributed by atoms with E-state index in [0.29, 0.717) is 6.47 Å². The molecule has 0 bridgehead atoms. The van der Waals surface area contributed by atoms with Gasteiger partial charge in [-0.1, -0.05) is 0 Å². The SMILES string of the molecule is O=CO[SeH]. The van der Waals surface area contributed by atoms with Gasteiger partial charge >= 0.3 is 31.4 Å². The molecule has 0 aromatic carbocycles. The van der Waals surface area contributed by atoms with Gasteiger partial charge in [0.15, 0.2) is 0 Å². The van der Waals surface area contributed by atoms with Crippen molar-refractivity contribution in [1.82, 2.24) is 0 Å². The van der Waals surface area contributed by atoms with Crippen molar-refractivity contribution in [3.63, 3.8) is 0 Å². The van der Waals surface area contributed by atoms with Crippen molar-refractivity contribution in [2.45, 2.75) is 0 Å². The van der Waals surface area contributed by atoms with Gasteiger partial charge in [0.25, 0.3) is 0 Å². The van der Waals surface area contributed by atoms with Crippen molar-refractivity contribution in [1.29, 1.82) is 0 Å². The van der Waals surface area contributed by atoms with Gasteiger partial charge in [-0.05, 0) is 0 Å². The number of hydrogen-bond donors (Lipinski definition) is 0. The normalized spacial score (nSPS) is 5.25. The molecule has 0 saturated heterocycles. The van der Waals surface area contributed by atoms with Crippen molar-refractivity contribution in [2.75, 3.05) is 0 Å².